The summed E-state index contributed by atoms with van der Waals surface area (Å²) in [5.74, 6) is 0.451. The van der Waals surface area contributed by atoms with Gasteiger partial charge in [-0.15, -0.1) is 5.10 Å². The van der Waals surface area contributed by atoms with E-state index in [9.17, 15) is 9.59 Å². The van der Waals surface area contributed by atoms with Crippen LogP contribution in [-0.4, -0.2) is 68.8 Å². The molecule has 4 fully saturated rings. The normalized spacial score (nSPS) is 28.6. The lowest BCUT2D eigenvalue weighted by Gasteiger charge is -2.50. The minimum Gasteiger partial charge on any atom is -0.369 e. The summed E-state index contributed by atoms with van der Waals surface area (Å²) < 4.78 is 1.94. The van der Waals surface area contributed by atoms with Crippen LogP contribution in [0, 0.1) is 17.8 Å². The molecule has 8 nitrogen and oxygen atoms in total. The molecule has 2 N–H and O–H groups in total. The van der Waals surface area contributed by atoms with Gasteiger partial charge in [0.25, 0.3) is 0 Å². The molecule has 1 aromatic carbocycles. The van der Waals surface area contributed by atoms with E-state index in [0.29, 0.717) is 37.9 Å². The van der Waals surface area contributed by atoms with Gasteiger partial charge in [0, 0.05) is 37.2 Å². The van der Waals surface area contributed by atoms with E-state index in [1.165, 1.54) is 0 Å². The zero-order chi connectivity index (χ0) is 21.4. The Bertz CT molecular complexity index is 937. The molecule has 2 bridgehead atoms. The number of benzene rings is 1. The lowest BCUT2D eigenvalue weighted by molar-refractivity contribution is -0.146. The quantitative estimate of drug-likeness (QED) is 0.785. The zero-order valence-electron chi connectivity index (χ0n) is 17.8. The maximum Gasteiger partial charge on any atom is 0.227 e. The number of aromatic nitrogens is 3. The molecule has 0 aliphatic carbocycles. The second-order valence-electron chi connectivity index (χ2n) is 9.23. The average molecular weight is 423 g/mol. The van der Waals surface area contributed by atoms with Crippen molar-refractivity contribution in [3.63, 3.8) is 0 Å². The first-order valence-electron chi connectivity index (χ1n) is 11.4. The van der Waals surface area contributed by atoms with Gasteiger partial charge < -0.3 is 10.6 Å². The minimum absolute atomic E-state index is 0.0748. The van der Waals surface area contributed by atoms with E-state index < -0.39 is 0 Å². The molecule has 4 atom stereocenters. The van der Waals surface area contributed by atoms with Gasteiger partial charge in [-0.05, 0) is 38.1 Å². The molecule has 2 aromatic rings. The predicted molar refractivity (Wildman–Crippen MR) is 116 cm³/mol. The Kier molecular flexibility index (Phi) is 5.48. The van der Waals surface area contributed by atoms with E-state index in [4.69, 9.17) is 5.73 Å². The van der Waals surface area contributed by atoms with E-state index in [-0.39, 0.29) is 23.7 Å². The topological polar surface area (TPSA) is 97.3 Å². The van der Waals surface area contributed by atoms with Gasteiger partial charge in [0.15, 0.2) is 0 Å². The van der Waals surface area contributed by atoms with E-state index in [2.05, 4.69) is 15.2 Å². The molecule has 1 aromatic heterocycles. The molecule has 6 rings (SSSR count). The molecule has 0 spiro atoms. The van der Waals surface area contributed by atoms with Crippen LogP contribution in [0.4, 0.5) is 0 Å². The maximum absolute atomic E-state index is 13.2. The number of rotatable bonds is 5. The summed E-state index contributed by atoms with van der Waals surface area (Å²) in [5.41, 5.74) is 7.40. The third kappa shape index (κ3) is 4.08. The van der Waals surface area contributed by atoms with Crippen LogP contribution in [0.3, 0.4) is 0 Å². The highest BCUT2D eigenvalue weighted by Gasteiger charge is 2.45. The van der Waals surface area contributed by atoms with Crippen LogP contribution in [0.5, 0.6) is 0 Å². The summed E-state index contributed by atoms with van der Waals surface area (Å²) in [6.07, 6.45) is 5.51. The maximum atomic E-state index is 13.2. The molecule has 164 valence electrons. The summed E-state index contributed by atoms with van der Waals surface area (Å²) in [6.45, 7) is 3.98. The SMILES string of the molecule is NC(=O)C1CCN(C(=O)[C@H]2CN3CCC2C[C@@H]3Cn2cc(-c3ccccc3)nn2)CC1. The molecule has 2 amide bonds. The highest BCUT2D eigenvalue weighted by Crippen LogP contribution is 2.38. The van der Waals surface area contributed by atoms with Crippen LogP contribution in [0.1, 0.15) is 25.7 Å². The Labute approximate surface area is 182 Å². The Morgan fingerprint density at radius 2 is 1.84 bits per heavy atom. The highest BCUT2D eigenvalue weighted by atomic mass is 16.2. The third-order valence-electron chi connectivity index (χ3n) is 7.41. The molecule has 8 heteroatoms. The number of likely N-dealkylation sites (tertiary alicyclic amines) is 1. The molecule has 31 heavy (non-hydrogen) atoms. The number of fused-ring (bicyclic) bond motifs is 3. The predicted octanol–water partition coefficient (Wildman–Crippen LogP) is 1.38. The van der Waals surface area contributed by atoms with Crippen molar-refractivity contribution >= 4 is 11.8 Å². The van der Waals surface area contributed by atoms with Gasteiger partial charge >= 0.3 is 0 Å². The molecule has 0 radical (unpaired) electrons. The number of hydrogen-bond donors (Lipinski definition) is 1. The molecular weight excluding hydrogens is 392 g/mol. The zero-order valence-corrected chi connectivity index (χ0v) is 17.8. The van der Waals surface area contributed by atoms with Gasteiger partial charge in [-0.1, -0.05) is 35.5 Å². The largest absolute Gasteiger partial charge is 0.369 e. The van der Waals surface area contributed by atoms with E-state index in [0.717, 1.165) is 43.7 Å². The Morgan fingerprint density at radius 3 is 2.52 bits per heavy atom. The number of primary amides is 1. The van der Waals surface area contributed by atoms with Crippen LogP contribution >= 0.6 is 0 Å². The van der Waals surface area contributed by atoms with Crippen molar-refractivity contribution < 1.29 is 9.59 Å². The highest BCUT2D eigenvalue weighted by molar-refractivity contribution is 5.81. The van der Waals surface area contributed by atoms with E-state index >= 15 is 0 Å². The number of piperidine rings is 4. The number of amides is 2. The second kappa shape index (κ2) is 8.42. The summed E-state index contributed by atoms with van der Waals surface area (Å²) in [5, 5.41) is 8.68. The summed E-state index contributed by atoms with van der Waals surface area (Å²) >= 11 is 0. The Morgan fingerprint density at radius 1 is 1.06 bits per heavy atom. The molecular formula is C23H30N6O2. The van der Waals surface area contributed by atoms with Gasteiger partial charge in [0.2, 0.25) is 11.8 Å². The van der Waals surface area contributed by atoms with Crippen molar-refractivity contribution in [2.45, 2.75) is 38.3 Å². The number of hydrogen-bond acceptors (Lipinski definition) is 5. The van der Waals surface area contributed by atoms with Crippen LogP contribution < -0.4 is 5.73 Å². The van der Waals surface area contributed by atoms with Crippen LogP contribution in [0.2, 0.25) is 0 Å². The fourth-order valence-electron chi connectivity index (χ4n) is 5.57. The van der Waals surface area contributed by atoms with Crippen molar-refractivity contribution in [3.05, 3.63) is 36.5 Å². The first kappa shape index (κ1) is 20.2. The first-order valence-corrected chi connectivity index (χ1v) is 11.4. The third-order valence-corrected chi connectivity index (χ3v) is 7.41. The van der Waals surface area contributed by atoms with Gasteiger partial charge in [-0.25, -0.2) is 0 Å². The van der Waals surface area contributed by atoms with Crippen molar-refractivity contribution in [3.8, 4) is 11.3 Å². The van der Waals surface area contributed by atoms with Gasteiger partial charge in [0.1, 0.15) is 5.69 Å². The summed E-state index contributed by atoms with van der Waals surface area (Å²) in [7, 11) is 0. The van der Waals surface area contributed by atoms with Gasteiger partial charge in [0.05, 0.1) is 18.7 Å². The van der Waals surface area contributed by atoms with Gasteiger partial charge in [-0.2, -0.15) is 0 Å². The van der Waals surface area contributed by atoms with Crippen LogP contribution in [0.15, 0.2) is 36.5 Å². The molecule has 2 unspecified atom stereocenters. The fourth-order valence-corrected chi connectivity index (χ4v) is 5.57. The van der Waals surface area contributed by atoms with E-state index in [1.807, 2.05) is 46.1 Å². The molecule has 0 saturated carbocycles. The standard InChI is InChI=1S/C23H30N6O2/c24-22(30)17-6-9-27(10-7-17)23(31)20-14-28-11-8-18(20)12-19(28)13-29-15-21(25-26-29)16-4-2-1-3-5-16/h1-5,15,17-20H,6-14H2,(H2,24,30)/t18?,19-,20+/m1/s1. The van der Waals surface area contributed by atoms with Crippen molar-refractivity contribution in [1.29, 1.82) is 0 Å². The number of nitrogens with zero attached hydrogens (tertiary/aromatic N) is 5. The average Bonchev–Trinajstić information content (AvgIpc) is 3.28. The smallest absolute Gasteiger partial charge is 0.227 e. The Balaban J connectivity index is 1.19. The molecule has 4 aliphatic rings. The van der Waals surface area contributed by atoms with E-state index in [1.54, 1.807) is 0 Å². The lowest BCUT2D eigenvalue weighted by Crippen LogP contribution is -2.59. The van der Waals surface area contributed by atoms with Crippen molar-refractivity contribution in [1.82, 2.24) is 24.8 Å². The van der Waals surface area contributed by atoms with Gasteiger partial charge in [-0.3, -0.25) is 19.2 Å². The Hall–Kier alpha value is -2.74. The molecule has 4 aliphatic heterocycles. The molecule has 5 heterocycles. The minimum atomic E-state index is -0.235. The van der Waals surface area contributed by atoms with Crippen LogP contribution in [-0.2, 0) is 16.1 Å². The summed E-state index contributed by atoms with van der Waals surface area (Å²) in [6, 6.07) is 10.5. The van der Waals surface area contributed by atoms with Crippen molar-refractivity contribution in [2.75, 3.05) is 26.2 Å². The monoisotopic (exact) mass is 422 g/mol. The number of nitrogens with two attached hydrogens (primary N) is 1. The first-order chi connectivity index (χ1) is 15.1. The number of carbonyl (C=O) groups excluding carboxylic acids is 2. The summed E-state index contributed by atoms with van der Waals surface area (Å²) in [4.78, 5) is 29.0. The van der Waals surface area contributed by atoms with Crippen molar-refractivity contribution in [2.24, 2.45) is 23.5 Å². The fraction of sp³-hybridized carbons (Fsp3) is 0.565. The number of carbonyl (C=O) groups is 2. The lowest BCUT2D eigenvalue weighted by atomic mass is 9.74. The molecule has 4 saturated heterocycles. The van der Waals surface area contributed by atoms with Crippen LogP contribution in [0.25, 0.3) is 11.3 Å². The second-order valence-corrected chi connectivity index (χ2v) is 9.23.